The molecule has 120 valence electrons. The summed E-state index contributed by atoms with van der Waals surface area (Å²) in [4.78, 5) is 14.1. The van der Waals surface area contributed by atoms with Gasteiger partial charge in [-0.25, -0.2) is 12.8 Å². The summed E-state index contributed by atoms with van der Waals surface area (Å²) in [5.74, 6) is -0.282. The average Bonchev–Trinajstić information content (AvgIpc) is 2.46. The molecule has 1 aromatic carbocycles. The lowest BCUT2D eigenvalue weighted by Gasteiger charge is -2.41. The van der Waals surface area contributed by atoms with Gasteiger partial charge in [0.2, 0.25) is 5.91 Å². The van der Waals surface area contributed by atoms with Crippen molar-refractivity contribution in [3.63, 3.8) is 0 Å². The van der Waals surface area contributed by atoms with Crippen molar-refractivity contribution in [3.05, 3.63) is 30.1 Å². The van der Waals surface area contributed by atoms with Crippen LogP contribution in [0, 0.1) is 11.7 Å². The minimum absolute atomic E-state index is 0.0724. The Balaban J connectivity index is 1.62. The van der Waals surface area contributed by atoms with E-state index in [0.717, 1.165) is 37.8 Å². The summed E-state index contributed by atoms with van der Waals surface area (Å²) >= 11 is 0. The van der Waals surface area contributed by atoms with Gasteiger partial charge in [-0.1, -0.05) is 19.3 Å². The Morgan fingerprint density at radius 1 is 1.05 bits per heavy atom. The number of sulfone groups is 1. The molecule has 1 aliphatic carbocycles. The van der Waals surface area contributed by atoms with Crippen molar-refractivity contribution in [2.24, 2.45) is 5.92 Å². The van der Waals surface area contributed by atoms with Crippen LogP contribution in [0.1, 0.15) is 32.1 Å². The molecule has 1 heterocycles. The van der Waals surface area contributed by atoms with Crippen LogP contribution in [0.5, 0.6) is 0 Å². The van der Waals surface area contributed by atoms with Crippen LogP contribution in [0.4, 0.5) is 4.39 Å². The van der Waals surface area contributed by atoms with E-state index in [1.807, 2.05) is 0 Å². The zero-order valence-corrected chi connectivity index (χ0v) is 13.2. The van der Waals surface area contributed by atoms with Gasteiger partial charge in [-0.2, -0.15) is 0 Å². The molecule has 1 saturated carbocycles. The van der Waals surface area contributed by atoms with Gasteiger partial charge < -0.3 is 4.90 Å². The van der Waals surface area contributed by atoms with Crippen molar-refractivity contribution >= 4 is 15.7 Å². The first-order valence-electron chi connectivity index (χ1n) is 7.77. The Bertz CT molecular complexity index is 644. The summed E-state index contributed by atoms with van der Waals surface area (Å²) in [6, 6.07) is 4.87. The van der Waals surface area contributed by atoms with Gasteiger partial charge in [0.25, 0.3) is 0 Å². The molecular formula is C16H20FNO3S. The van der Waals surface area contributed by atoms with Gasteiger partial charge in [-0.05, 0) is 37.1 Å². The van der Waals surface area contributed by atoms with E-state index in [2.05, 4.69) is 0 Å². The maximum atomic E-state index is 12.9. The molecule has 1 aliphatic heterocycles. The molecule has 0 N–H and O–H groups in total. The van der Waals surface area contributed by atoms with Crippen molar-refractivity contribution in [2.45, 2.75) is 42.2 Å². The number of halogens is 1. The first-order chi connectivity index (χ1) is 10.5. The number of amides is 1. The first-order valence-corrected chi connectivity index (χ1v) is 9.31. The third-order valence-electron chi connectivity index (χ3n) is 4.70. The van der Waals surface area contributed by atoms with Crippen molar-refractivity contribution < 1.29 is 17.6 Å². The van der Waals surface area contributed by atoms with Crippen LogP contribution in [0.25, 0.3) is 0 Å². The number of hydrogen-bond donors (Lipinski definition) is 0. The Labute approximate surface area is 130 Å². The number of likely N-dealkylation sites (tertiary alicyclic amines) is 1. The summed E-state index contributed by atoms with van der Waals surface area (Å²) in [5.41, 5.74) is 0. The fraction of sp³-hybridized carbons (Fsp3) is 0.562. The number of carbonyl (C=O) groups excluding carboxylic acids is 1. The fourth-order valence-corrected chi connectivity index (χ4v) is 4.89. The van der Waals surface area contributed by atoms with Crippen LogP contribution < -0.4 is 0 Å². The van der Waals surface area contributed by atoms with Crippen LogP contribution in [-0.2, 0) is 14.6 Å². The fourth-order valence-electron chi connectivity index (χ4n) is 3.24. The predicted molar refractivity (Wildman–Crippen MR) is 80.5 cm³/mol. The Hall–Kier alpha value is -1.43. The molecule has 0 unspecified atom stereocenters. The number of rotatable bonds is 3. The SMILES string of the molecule is O=C(C1CCCCC1)N1CC(S(=O)(=O)c2ccc(F)cc2)C1. The lowest BCUT2D eigenvalue weighted by molar-refractivity contribution is -0.139. The second kappa shape index (κ2) is 5.99. The molecule has 1 aromatic rings. The molecule has 1 saturated heterocycles. The minimum Gasteiger partial charge on any atom is -0.340 e. The van der Waals surface area contributed by atoms with E-state index in [4.69, 9.17) is 0 Å². The van der Waals surface area contributed by atoms with Gasteiger partial charge in [0.1, 0.15) is 11.1 Å². The maximum Gasteiger partial charge on any atom is 0.225 e. The van der Waals surface area contributed by atoms with Gasteiger partial charge >= 0.3 is 0 Å². The van der Waals surface area contributed by atoms with Gasteiger partial charge in [0, 0.05) is 19.0 Å². The van der Waals surface area contributed by atoms with Crippen molar-refractivity contribution in [2.75, 3.05) is 13.1 Å². The Kier molecular flexibility index (Phi) is 4.21. The standard InChI is InChI=1S/C16H20FNO3S/c17-13-6-8-14(9-7-13)22(20,21)15-10-18(11-15)16(19)12-4-2-1-3-5-12/h6-9,12,15H,1-5,10-11H2. The highest BCUT2D eigenvalue weighted by molar-refractivity contribution is 7.92. The number of nitrogens with zero attached hydrogens (tertiary/aromatic N) is 1. The summed E-state index contributed by atoms with van der Waals surface area (Å²) < 4.78 is 37.7. The number of benzene rings is 1. The quantitative estimate of drug-likeness (QED) is 0.802. The molecule has 2 aliphatic rings. The maximum absolute atomic E-state index is 12.9. The molecule has 0 aromatic heterocycles. The number of hydrogen-bond acceptors (Lipinski definition) is 3. The van der Waals surface area contributed by atoms with E-state index in [-0.39, 0.29) is 29.8 Å². The van der Waals surface area contributed by atoms with Crippen LogP contribution in [-0.4, -0.2) is 37.6 Å². The summed E-state index contributed by atoms with van der Waals surface area (Å²) in [7, 11) is -3.48. The molecule has 3 rings (SSSR count). The molecule has 0 bridgehead atoms. The minimum atomic E-state index is -3.48. The van der Waals surface area contributed by atoms with E-state index < -0.39 is 20.9 Å². The molecule has 2 fully saturated rings. The molecule has 4 nitrogen and oxygen atoms in total. The molecule has 0 atom stereocenters. The third kappa shape index (κ3) is 2.89. The van der Waals surface area contributed by atoms with Crippen LogP contribution in [0.15, 0.2) is 29.2 Å². The van der Waals surface area contributed by atoms with E-state index >= 15 is 0 Å². The van der Waals surface area contributed by atoms with E-state index in [9.17, 15) is 17.6 Å². The molecule has 0 radical (unpaired) electrons. The van der Waals surface area contributed by atoms with Gasteiger partial charge in [-0.15, -0.1) is 0 Å². The molecular weight excluding hydrogens is 305 g/mol. The molecule has 1 amide bonds. The van der Waals surface area contributed by atoms with Crippen LogP contribution in [0.2, 0.25) is 0 Å². The summed E-state index contributed by atoms with van der Waals surface area (Å²) in [6.07, 6.45) is 5.20. The smallest absolute Gasteiger partial charge is 0.225 e. The lowest BCUT2D eigenvalue weighted by Crippen LogP contribution is -2.58. The second-order valence-corrected chi connectivity index (χ2v) is 8.43. The lowest BCUT2D eigenvalue weighted by atomic mass is 9.87. The monoisotopic (exact) mass is 325 g/mol. The molecule has 22 heavy (non-hydrogen) atoms. The summed E-state index contributed by atoms with van der Waals surface area (Å²) in [5, 5.41) is -0.564. The topological polar surface area (TPSA) is 54.5 Å². The Morgan fingerprint density at radius 3 is 2.23 bits per heavy atom. The van der Waals surface area contributed by atoms with E-state index in [1.54, 1.807) is 4.90 Å². The highest BCUT2D eigenvalue weighted by Gasteiger charge is 2.42. The second-order valence-electron chi connectivity index (χ2n) is 6.20. The van der Waals surface area contributed by atoms with Gasteiger partial charge in [0.15, 0.2) is 9.84 Å². The Morgan fingerprint density at radius 2 is 1.64 bits per heavy atom. The number of carbonyl (C=O) groups is 1. The zero-order valence-electron chi connectivity index (χ0n) is 12.4. The normalized spacial score (nSPS) is 20.7. The van der Waals surface area contributed by atoms with Crippen molar-refractivity contribution in [3.8, 4) is 0 Å². The third-order valence-corrected chi connectivity index (χ3v) is 6.80. The van der Waals surface area contributed by atoms with Crippen LogP contribution in [0.3, 0.4) is 0 Å². The van der Waals surface area contributed by atoms with Crippen molar-refractivity contribution in [1.82, 2.24) is 4.90 Å². The van der Waals surface area contributed by atoms with E-state index in [1.165, 1.54) is 18.6 Å². The predicted octanol–water partition coefficient (Wildman–Crippen LogP) is 2.39. The summed E-state index contributed by atoms with van der Waals surface area (Å²) in [6.45, 7) is 0.518. The molecule has 6 heteroatoms. The van der Waals surface area contributed by atoms with E-state index in [0.29, 0.717) is 0 Å². The largest absolute Gasteiger partial charge is 0.340 e. The molecule has 0 spiro atoms. The first kappa shape index (κ1) is 15.5. The van der Waals surface area contributed by atoms with Crippen LogP contribution >= 0.6 is 0 Å². The zero-order chi connectivity index (χ0) is 15.7. The highest BCUT2D eigenvalue weighted by Crippen LogP contribution is 2.30. The van der Waals surface area contributed by atoms with Crippen molar-refractivity contribution in [1.29, 1.82) is 0 Å². The van der Waals surface area contributed by atoms with Gasteiger partial charge in [-0.3, -0.25) is 4.79 Å². The van der Waals surface area contributed by atoms with Gasteiger partial charge in [0.05, 0.1) is 4.90 Å². The highest BCUT2D eigenvalue weighted by atomic mass is 32.2. The average molecular weight is 325 g/mol.